The second kappa shape index (κ2) is 4.64. The maximum Gasteiger partial charge on any atom is 0.269 e. The van der Waals surface area contributed by atoms with Gasteiger partial charge in [-0.15, -0.1) is 17.0 Å². The third-order valence-electron chi connectivity index (χ3n) is 2.82. The molecule has 4 nitrogen and oxygen atoms in total. The van der Waals surface area contributed by atoms with Crippen molar-refractivity contribution in [3.8, 4) is 11.3 Å². The van der Waals surface area contributed by atoms with Gasteiger partial charge in [-0.2, -0.15) is 0 Å². The Labute approximate surface area is 118 Å². The van der Waals surface area contributed by atoms with E-state index in [-0.39, 0.29) is 5.69 Å². The van der Waals surface area contributed by atoms with Crippen LogP contribution in [0.2, 0.25) is 0 Å². The maximum atomic E-state index is 10.7. The van der Waals surface area contributed by atoms with E-state index < -0.39 is 4.92 Å². The summed E-state index contributed by atoms with van der Waals surface area (Å²) in [5.41, 5.74) is 1.96. The zero-order valence-electron chi connectivity index (χ0n) is 9.69. The molecule has 0 unspecified atom stereocenters. The monoisotopic (exact) mass is 289 g/mol. The van der Waals surface area contributed by atoms with E-state index in [4.69, 9.17) is 0 Å². The lowest BCUT2D eigenvalue weighted by molar-refractivity contribution is -0.496. The Kier molecular flexibility index (Phi) is 2.96. The average molecular weight is 289 g/mol. The number of thiazole rings is 1. The number of hydrogen-bond acceptors (Lipinski definition) is 4. The van der Waals surface area contributed by atoms with Crippen LogP contribution in [0, 0.1) is 10.1 Å². The van der Waals surface area contributed by atoms with Crippen LogP contribution in [0.4, 0.5) is 5.69 Å². The quantitative estimate of drug-likeness (QED) is 0.340. The van der Waals surface area contributed by atoms with Gasteiger partial charge in [0.2, 0.25) is 5.69 Å². The van der Waals surface area contributed by atoms with Gasteiger partial charge in [-0.1, -0.05) is 11.3 Å². The highest BCUT2D eigenvalue weighted by Gasteiger charge is 2.20. The molecule has 3 rings (SSSR count). The van der Waals surface area contributed by atoms with E-state index >= 15 is 0 Å². The minimum Gasteiger partial charge on any atom is -0.258 e. The zero-order chi connectivity index (χ0) is 13.4. The number of pyridine rings is 1. The first-order valence-electron chi connectivity index (χ1n) is 5.54. The summed E-state index contributed by atoms with van der Waals surface area (Å²) in [5.74, 6) is 0. The Morgan fingerprint density at radius 1 is 1.16 bits per heavy atom. The highest BCUT2D eigenvalue weighted by Crippen LogP contribution is 2.30. The lowest BCUT2D eigenvalue weighted by Gasteiger charge is -1.95. The molecule has 94 valence electrons. The van der Waals surface area contributed by atoms with Crippen molar-refractivity contribution in [1.29, 1.82) is 0 Å². The third kappa shape index (κ3) is 2.09. The van der Waals surface area contributed by atoms with Gasteiger partial charge in [0.15, 0.2) is 6.20 Å². The summed E-state index contributed by atoms with van der Waals surface area (Å²) in [6.45, 7) is 0. The normalized spacial score (nSPS) is 10.8. The van der Waals surface area contributed by atoms with Crippen molar-refractivity contribution in [2.45, 2.75) is 4.21 Å². The van der Waals surface area contributed by atoms with Crippen molar-refractivity contribution < 1.29 is 9.32 Å². The molecule has 2 heterocycles. The van der Waals surface area contributed by atoms with Gasteiger partial charge in [-0.25, -0.2) is 0 Å². The van der Waals surface area contributed by atoms with Crippen molar-refractivity contribution in [3.63, 3.8) is 0 Å². The van der Waals surface area contributed by atoms with Crippen LogP contribution in [0.1, 0.15) is 0 Å². The molecule has 0 spiro atoms. The first-order chi connectivity index (χ1) is 9.16. The first-order valence-corrected chi connectivity index (χ1v) is 6.80. The summed E-state index contributed by atoms with van der Waals surface area (Å²) in [5, 5.41) is 10.7. The number of nitro benzene ring substituents is 1. The van der Waals surface area contributed by atoms with Crippen molar-refractivity contribution in [3.05, 3.63) is 58.8 Å². The second-order valence-electron chi connectivity index (χ2n) is 3.97. The van der Waals surface area contributed by atoms with E-state index in [1.165, 1.54) is 12.1 Å². The van der Waals surface area contributed by atoms with Crippen LogP contribution in [0.5, 0.6) is 0 Å². The van der Waals surface area contributed by atoms with Crippen LogP contribution in [0.3, 0.4) is 0 Å². The van der Waals surface area contributed by atoms with E-state index in [1.54, 1.807) is 23.5 Å². The number of non-ortho nitro benzene ring substituents is 1. The molecule has 0 aliphatic rings. The molecule has 19 heavy (non-hydrogen) atoms. The molecule has 1 aromatic carbocycles. The van der Waals surface area contributed by atoms with E-state index in [0.29, 0.717) is 0 Å². The van der Waals surface area contributed by atoms with Gasteiger partial charge in [0.1, 0.15) is 4.21 Å². The SMILES string of the molecule is O=[N+]([O-])c1ccc(-c2c(S)sc3cccc[n+]23)cc1. The molecule has 0 fully saturated rings. The molecule has 0 aliphatic heterocycles. The molecule has 6 heteroatoms. The predicted octanol–water partition coefficient (Wildman–Crippen LogP) is 3.35. The second-order valence-corrected chi connectivity index (χ2v) is 5.75. The lowest BCUT2D eigenvalue weighted by atomic mass is 10.1. The summed E-state index contributed by atoms with van der Waals surface area (Å²) >= 11 is 6.08. The topological polar surface area (TPSA) is 47.2 Å². The van der Waals surface area contributed by atoms with Gasteiger partial charge in [-0.05, 0) is 18.2 Å². The van der Waals surface area contributed by atoms with Gasteiger partial charge in [0.25, 0.3) is 10.5 Å². The predicted molar refractivity (Wildman–Crippen MR) is 76.8 cm³/mol. The Bertz CT molecular complexity index is 766. The van der Waals surface area contributed by atoms with E-state index in [2.05, 4.69) is 12.6 Å². The lowest BCUT2D eigenvalue weighted by Crippen LogP contribution is -2.20. The average Bonchev–Trinajstić information content (AvgIpc) is 2.74. The number of aromatic nitrogens is 1. The maximum absolute atomic E-state index is 10.7. The minimum atomic E-state index is -0.399. The first kappa shape index (κ1) is 12.1. The fourth-order valence-corrected chi connectivity index (χ4v) is 3.37. The smallest absolute Gasteiger partial charge is 0.258 e. The molecule has 3 aromatic rings. The molecule has 0 bridgehead atoms. The molecule has 0 amide bonds. The standard InChI is InChI=1S/C13H8N2O2S2/c16-15(17)10-6-4-9(5-7-10)12-13(18)19-11-3-1-2-8-14(11)12/h1-8H/p+1. The fourth-order valence-electron chi connectivity index (χ4n) is 1.95. The Hall–Kier alpha value is -1.92. The highest BCUT2D eigenvalue weighted by molar-refractivity contribution is 7.83. The number of thiol groups is 1. The van der Waals surface area contributed by atoms with Crippen LogP contribution < -0.4 is 4.40 Å². The highest BCUT2D eigenvalue weighted by atomic mass is 32.2. The number of nitro groups is 1. The van der Waals surface area contributed by atoms with E-state index in [0.717, 1.165) is 20.3 Å². The number of benzene rings is 1. The van der Waals surface area contributed by atoms with Crippen LogP contribution in [0.25, 0.3) is 16.1 Å². The largest absolute Gasteiger partial charge is 0.269 e. The molecule has 0 saturated heterocycles. The fraction of sp³-hybridized carbons (Fsp3) is 0. The molecule has 0 aliphatic carbocycles. The molecule has 0 radical (unpaired) electrons. The molecule has 0 atom stereocenters. The van der Waals surface area contributed by atoms with Gasteiger partial charge in [-0.3, -0.25) is 10.1 Å². The van der Waals surface area contributed by atoms with Crippen molar-refractivity contribution in [2.75, 3.05) is 0 Å². The summed E-state index contributed by atoms with van der Waals surface area (Å²) in [4.78, 5) is 11.4. The van der Waals surface area contributed by atoms with E-state index in [1.807, 2.05) is 28.8 Å². The number of nitrogens with zero attached hydrogens (tertiary/aromatic N) is 2. The van der Waals surface area contributed by atoms with Crippen LogP contribution >= 0.6 is 24.0 Å². The molecule has 0 saturated carbocycles. The van der Waals surface area contributed by atoms with Crippen LogP contribution in [-0.2, 0) is 0 Å². The zero-order valence-corrected chi connectivity index (χ0v) is 11.4. The number of hydrogen-bond donors (Lipinski definition) is 1. The Balaban J connectivity index is 2.18. The Morgan fingerprint density at radius 2 is 1.89 bits per heavy atom. The van der Waals surface area contributed by atoms with Gasteiger partial charge in [0.05, 0.1) is 4.92 Å². The van der Waals surface area contributed by atoms with E-state index in [9.17, 15) is 10.1 Å². The summed E-state index contributed by atoms with van der Waals surface area (Å²) in [7, 11) is 0. The van der Waals surface area contributed by atoms with Gasteiger partial charge < -0.3 is 0 Å². The molecule has 2 aromatic heterocycles. The summed E-state index contributed by atoms with van der Waals surface area (Å²) < 4.78 is 2.92. The summed E-state index contributed by atoms with van der Waals surface area (Å²) in [6, 6.07) is 12.4. The van der Waals surface area contributed by atoms with Crippen molar-refractivity contribution >= 4 is 34.5 Å². The van der Waals surface area contributed by atoms with Gasteiger partial charge in [0, 0.05) is 29.8 Å². The molecular formula is C13H9N2O2S2+. The van der Waals surface area contributed by atoms with Crippen molar-refractivity contribution in [1.82, 2.24) is 0 Å². The molecular weight excluding hydrogens is 280 g/mol. The number of rotatable bonds is 2. The molecule has 0 N–H and O–H groups in total. The van der Waals surface area contributed by atoms with Crippen LogP contribution in [0.15, 0.2) is 52.9 Å². The Morgan fingerprint density at radius 3 is 2.58 bits per heavy atom. The number of fused-ring (bicyclic) bond motifs is 1. The minimum absolute atomic E-state index is 0.0917. The van der Waals surface area contributed by atoms with Crippen LogP contribution in [-0.4, -0.2) is 4.92 Å². The van der Waals surface area contributed by atoms with Crippen molar-refractivity contribution in [2.24, 2.45) is 0 Å². The summed E-state index contributed by atoms with van der Waals surface area (Å²) in [6.07, 6.45) is 1.96. The third-order valence-corrected chi connectivity index (χ3v) is 4.23. The van der Waals surface area contributed by atoms with Gasteiger partial charge >= 0.3 is 0 Å².